The summed E-state index contributed by atoms with van der Waals surface area (Å²) in [6.07, 6.45) is 1.76. The van der Waals surface area contributed by atoms with E-state index in [2.05, 4.69) is 21.2 Å². The number of sulfonamides is 1. The number of nitrogens with one attached hydrogen (secondary N) is 1. The minimum absolute atomic E-state index is 0.164. The van der Waals surface area contributed by atoms with Crippen LogP contribution in [0.5, 0.6) is 5.75 Å². The molecule has 0 aromatic heterocycles. The summed E-state index contributed by atoms with van der Waals surface area (Å²) in [5.41, 5.74) is 0.554. The van der Waals surface area contributed by atoms with Crippen LogP contribution in [-0.4, -0.2) is 40.3 Å². The summed E-state index contributed by atoms with van der Waals surface area (Å²) in [7, 11) is -3.45. The highest BCUT2D eigenvalue weighted by molar-refractivity contribution is 9.10. The van der Waals surface area contributed by atoms with Crippen molar-refractivity contribution in [1.82, 2.24) is 5.32 Å². The van der Waals surface area contributed by atoms with E-state index in [1.165, 1.54) is 4.31 Å². The van der Waals surface area contributed by atoms with Crippen molar-refractivity contribution in [2.24, 2.45) is 0 Å². The van der Waals surface area contributed by atoms with Crippen molar-refractivity contribution in [1.29, 1.82) is 0 Å². The van der Waals surface area contributed by atoms with Crippen molar-refractivity contribution >= 4 is 49.1 Å². The Balaban J connectivity index is 1.77. The van der Waals surface area contributed by atoms with Crippen LogP contribution in [0.25, 0.3) is 0 Å². The van der Waals surface area contributed by atoms with E-state index in [9.17, 15) is 13.2 Å². The zero-order valence-electron chi connectivity index (χ0n) is 15.4. The third kappa shape index (κ3) is 7.00. The van der Waals surface area contributed by atoms with Crippen LogP contribution in [0.3, 0.4) is 0 Å². The number of nitrogens with zero attached hydrogens (tertiary/aromatic N) is 1. The summed E-state index contributed by atoms with van der Waals surface area (Å²) >= 11 is 9.36. The molecular weight excluding hydrogens is 468 g/mol. The van der Waals surface area contributed by atoms with Crippen LogP contribution < -0.4 is 14.4 Å². The maximum atomic E-state index is 12.1. The molecule has 0 saturated carbocycles. The standard InChI is InChI=1S/C19H22BrClN2O4S/c1-28(25,26)23(17-9-4-2-7-15(17)20)13-6-11-19(24)22-12-14-27-18-10-5-3-8-16(18)21/h2-5,7-10H,6,11-14H2,1H3,(H,22,24). The van der Waals surface area contributed by atoms with Gasteiger partial charge in [-0.05, 0) is 46.6 Å². The Kier molecular flexibility index (Phi) is 8.59. The number of amides is 1. The fourth-order valence-corrected chi connectivity index (χ4v) is 4.29. The smallest absolute Gasteiger partial charge is 0.232 e. The molecule has 0 radical (unpaired) electrons. The van der Waals surface area contributed by atoms with Crippen molar-refractivity contribution in [2.45, 2.75) is 12.8 Å². The number of anilines is 1. The molecule has 0 heterocycles. The van der Waals surface area contributed by atoms with Gasteiger partial charge in [0, 0.05) is 17.4 Å². The summed E-state index contributed by atoms with van der Waals surface area (Å²) in [6.45, 7) is 0.844. The van der Waals surface area contributed by atoms with Crippen molar-refractivity contribution in [2.75, 3.05) is 30.3 Å². The van der Waals surface area contributed by atoms with Crippen LogP contribution in [0.4, 0.5) is 5.69 Å². The molecule has 6 nitrogen and oxygen atoms in total. The second kappa shape index (κ2) is 10.7. The van der Waals surface area contributed by atoms with Gasteiger partial charge in [0.15, 0.2) is 0 Å². The lowest BCUT2D eigenvalue weighted by Crippen LogP contribution is -2.33. The van der Waals surface area contributed by atoms with Gasteiger partial charge in [-0.15, -0.1) is 0 Å². The van der Waals surface area contributed by atoms with Gasteiger partial charge < -0.3 is 10.1 Å². The van der Waals surface area contributed by atoms with E-state index < -0.39 is 10.0 Å². The molecule has 0 saturated heterocycles. The van der Waals surface area contributed by atoms with Crippen molar-refractivity contribution in [3.63, 3.8) is 0 Å². The SMILES string of the molecule is CS(=O)(=O)N(CCCC(=O)NCCOc1ccccc1Cl)c1ccccc1Br. The largest absolute Gasteiger partial charge is 0.490 e. The Bertz CT molecular complexity index is 908. The molecule has 2 aromatic carbocycles. The molecule has 0 aliphatic rings. The molecule has 28 heavy (non-hydrogen) atoms. The monoisotopic (exact) mass is 488 g/mol. The van der Waals surface area contributed by atoms with Crippen molar-refractivity contribution in [3.05, 3.63) is 58.0 Å². The van der Waals surface area contributed by atoms with E-state index in [0.717, 1.165) is 6.26 Å². The summed E-state index contributed by atoms with van der Waals surface area (Å²) in [6, 6.07) is 14.2. The van der Waals surface area contributed by atoms with Crippen LogP contribution in [-0.2, 0) is 14.8 Å². The van der Waals surface area contributed by atoms with Gasteiger partial charge in [-0.2, -0.15) is 0 Å². The first-order chi connectivity index (χ1) is 13.3. The third-order valence-electron chi connectivity index (χ3n) is 3.80. The molecular formula is C19H22BrClN2O4S. The number of ether oxygens (including phenoxy) is 1. The Morgan fingerprint density at radius 1 is 1.18 bits per heavy atom. The molecule has 152 valence electrons. The van der Waals surface area contributed by atoms with Crippen LogP contribution >= 0.6 is 27.5 Å². The molecule has 0 atom stereocenters. The fraction of sp³-hybridized carbons (Fsp3) is 0.316. The molecule has 0 unspecified atom stereocenters. The molecule has 1 amide bonds. The lowest BCUT2D eigenvalue weighted by Gasteiger charge is -2.23. The number of hydrogen-bond donors (Lipinski definition) is 1. The van der Waals surface area contributed by atoms with E-state index in [1.54, 1.807) is 30.3 Å². The van der Waals surface area contributed by atoms with Crippen molar-refractivity contribution < 1.29 is 17.9 Å². The number of carbonyl (C=O) groups excluding carboxylic acids is 1. The van der Waals surface area contributed by atoms with Gasteiger partial charge in [0.25, 0.3) is 0 Å². The second-order valence-corrected chi connectivity index (χ2v) is 9.19. The molecule has 0 spiro atoms. The highest BCUT2D eigenvalue weighted by atomic mass is 79.9. The molecule has 2 rings (SSSR count). The quantitative estimate of drug-likeness (QED) is 0.515. The predicted molar refractivity (Wildman–Crippen MR) is 116 cm³/mol. The molecule has 0 fully saturated rings. The minimum Gasteiger partial charge on any atom is -0.490 e. The number of hydrogen-bond acceptors (Lipinski definition) is 4. The molecule has 1 N–H and O–H groups in total. The second-order valence-electron chi connectivity index (χ2n) is 6.02. The minimum atomic E-state index is -3.45. The van der Waals surface area contributed by atoms with Crippen LogP contribution in [0.15, 0.2) is 53.0 Å². The number of halogens is 2. The van der Waals surface area contributed by atoms with E-state index in [4.69, 9.17) is 16.3 Å². The maximum Gasteiger partial charge on any atom is 0.232 e. The van der Waals surface area contributed by atoms with Gasteiger partial charge in [-0.25, -0.2) is 8.42 Å². The fourth-order valence-electron chi connectivity index (χ4n) is 2.50. The lowest BCUT2D eigenvalue weighted by molar-refractivity contribution is -0.121. The van der Waals surface area contributed by atoms with Gasteiger partial charge in [0.05, 0.1) is 23.5 Å². The summed E-state index contributed by atoms with van der Waals surface area (Å²) in [5.74, 6) is 0.402. The van der Waals surface area contributed by atoms with Crippen LogP contribution in [0.1, 0.15) is 12.8 Å². The van der Waals surface area contributed by atoms with E-state index >= 15 is 0 Å². The van der Waals surface area contributed by atoms with E-state index in [1.807, 2.05) is 18.2 Å². The summed E-state index contributed by atoms with van der Waals surface area (Å²) in [4.78, 5) is 12.0. The Morgan fingerprint density at radius 3 is 2.54 bits per heavy atom. The summed E-state index contributed by atoms with van der Waals surface area (Å²) in [5, 5.41) is 3.27. The Morgan fingerprint density at radius 2 is 1.86 bits per heavy atom. The van der Waals surface area contributed by atoms with Gasteiger partial charge in [0.2, 0.25) is 15.9 Å². The highest BCUT2D eigenvalue weighted by Crippen LogP contribution is 2.28. The molecule has 2 aromatic rings. The van der Waals surface area contributed by atoms with E-state index in [-0.39, 0.29) is 18.9 Å². The molecule has 0 aliphatic heterocycles. The van der Waals surface area contributed by atoms with Gasteiger partial charge in [0.1, 0.15) is 12.4 Å². The van der Waals surface area contributed by atoms with Gasteiger partial charge in [-0.3, -0.25) is 9.10 Å². The molecule has 0 aliphatic carbocycles. The normalized spacial score (nSPS) is 11.1. The lowest BCUT2D eigenvalue weighted by atomic mass is 10.2. The van der Waals surface area contributed by atoms with Crippen LogP contribution in [0, 0.1) is 0 Å². The van der Waals surface area contributed by atoms with Crippen molar-refractivity contribution in [3.8, 4) is 5.75 Å². The van der Waals surface area contributed by atoms with Gasteiger partial charge >= 0.3 is 0 Å². The Hall–Kier alpha value is -1.77. The number of para-hydroxylation sites is 2. The topological polar surface area (TPSA) is 75.7 Å². The maximum absolute atomic E-state index is 12.1. The average Bonchev–Trinajstić information content (AvgIpc) is 2.64. The van der Waals surface area contributed by atoms with Crippen LogP contribution in [0.2, 0.25) is 5.02 Å². The zero-order chi connectivity index (χ0) is 20.6. The first-order valence-corrected chi connectivity index (χ1v) is 11.7. The third-order valence-corrected chi connectivity index (χ3v) is 5.97. The molecule has 9 heteroatoms. The molecule has 0 bridgehead atoms. The summed E-state index contributed by atoms with van der Waals surface area (Å²) < 4.78 is 31.7. The predicted octanol–water partition coefficient (Wildman–Crippen LogP) is 3.84. The number of carbonyl (C=O) groups is 1. The highest BCUT2D eigenvalue weighted by Gasteiger charge is 2.19. The van der Waals surface area contributed by atoms with Gasteiger partial charge in [-0.1, -0.05) is 35.9 Å². The first kappa shape index (κ1) is 22.5. The average molecular weight is 490 g/mol. The number of rotatable bonds is 10. The van der Waals surface area contributed by atoms with E-state index in [0.29, 0.717) is 40.5 Å². The Labute approximate surface area is 179 Å². The first-order valence-electron chi connectivity index (χ1n) is 8.65. The number of benzene rings is 2. The zero-order valence-corrected chi connectivity index (χ0v) is 18.6.